The van der Waals surface area contributed by atoms with E-state index in [2.05, 4.69) is 29.5 Å². The molecule has 0 aliphatic rings. The molecule has 7 heavy (non-hydrogen) atoms. The van der Waals surface area contributed by atoms with Gasteiger partial charge in [-0.05, 0) is 13.2 Å². The van der Waals surface area contributed by atoms with Gasteiger partial charge in [-0.25, -0.2) is 0 Å². The summed E-state index contributed by atoms with van der Waals surface area (Å²) in [4.78, 5) is 0. The average molecular weight is 246 g/mol. The van der Waals surface area contributed by atoms with Crippen LogP contribution in [0, 0.1) is 0 Å². The van der Waals surface area contributed by atoms with E-state index in [0.29, 0.717) is 3.92 Å². The predicted octanol–water partition coefficient (Wildman–Crippen LogP) is 2.50. The number of thioether (sulfide) groups is 1. The minimum Gasteiger partial charge on any atom is -0.121 e. The van der Waals surface area contributed by atoms with Crippen molar-refractivity contribution >= 4 is 50.8 Å². The number of hydrogen-bond acceptors (Lipinski definition) is 2. The van der Waals surface area contributed by atoms with E-state index in [1.54, 1.807) is 11.8 Å². The van der Waals surface area contributed by atoms with E-state index in [4.69, 9.17) is 12.2 Å². The molecule has 0 saturated carbocycles. The third kappa shape index (κ3) is 3.73. The molecule has 0 aromatic carbocycles. The molecule has 1 atom stereocenters. The van der Waals surface area contributed by atoms with Crippen molar-refractivity contribution in [3.63, 3.8) is 0 Å². The maximum atomic E-state index is 4.93. The summed E-state index contributed by atoms with van der Waals surface area (Å²) in [7, 11) is 0. The first-order valence-corrected chi connectivity index (χ1v) is 4.78. The van der Waals surface area contributed by atoms with Crippen molar-refractivity contribution < 1.29 is 0 Å². The molecule has 0 nitrogen and oxygen atoms in total. The molecule has 0 aromatic rings. The molecule has 0 heterocycles. The Morgan fingerprint density at radius 2 is 2.29 bits per heavy atom. The summed E-state index contributed by atoms with van der Waals surface area (Å²) in [6.45, 7) is 2.10. The van der Waals surface area contributed by atoms with Gasteiger partial charge >= 0.3 is 0 Å². The maximum absolute atomic E-state index is 4.93. The van der Waals surface area contributed by atoms with Crippen molar-refractivity contribution in [3.8, 4) is 0 Å². The number of alkyl halides is 1. The molecule has 0 aliphatic carbocycles. The lowest BCUT2D eigenvalue weighted by Crippen LogP contribution is -1.99. The molecular weight excluding hydrogens is 239 g/mol. The smallest absolute Gasteiger partial charge is 0.0601 e. The number of thiocarbonyl (C=S) groups is 1. The molecule has 0 N–H and O–H groups in total. The van der Waals surface area contributed by atoms with Gasteiger partial charge in [0.05, 0.1) is 4.20 Å². The van der Waals surface area contributed by atoms with Gasteiger partial charge in [-0.3, -0.25) is 0 Å². The van der Waals surface area contributed by atoms with Crippen LogP contribution < -0.4 is 0 Å². The monoisotopic (exact) mass is 246 g/mol. The fraction of sp³-hybridized carbons (Fsp3) is 0.750. The average Bonchev–Trinajstić information content (AvgIpc) is 1.65. The second-order valence-electron chi connectivity index (χ2n) is 1.14. The molecule has 0 fully saturated rings. The van der Waals surface area contributed by atoms with Crippen molar-refractivity contribution in [1.29, 1.82) is 0 Å². The van der Waals surface area contributed by atoms with E-state index in [-0.39, 0.29) is 0 Å². The number of rotatable bonds is 1. The van der Waals surface area contributed by atoms with Gasteiger partial charge in [0.1, 0.15) is 0 Å². The van der Waals surface area contributed by atoms with Crippen LogP contribution in [0.25, 0.3) is 0 Å². The van der Waals surface area contributed by atoms with E-state index < -0.39 is 0 Å². The molecule has 0 amide bonds. The predicted molar refractivity (Wildman–Crippen MR) is 49.6 cm³/mol. The van der Waals surface area contributed by atoms with Crippen LogP contribution in [0.1, 0.15) is 6.92 Å². The molecule has 0 aliphatic heterocycles. The van der Waals surface area contributed by atoms with E-state index in [1.807, 2.05) is 6.26 Å². The Morgan fingerprint density at radius 3 is 2.29 bits per heavy atom. The summed E-state index contributed by atoms with van der Waals surface area (Å²) in [6, 6.07) is 0. The Bertz CT molecular complexity index is 70.1. The minimum atomic E-state index is 0.530. The highest BCUT2D eigenvalue weighted by atomic mass is 127. The first kappa shape index (κ1) is 8.17. The van der Waals surface area contributed by atoms with Gasteiger partial charge in [-0.15, -0.1) is 11.8 Å². The van der Waals surface area contributed by atoms with Crippen LogP contribution in [0.15, 0.2) is 0 Å². The Labute approximate surface area is 67.6 Å². The van der Waals surface area contributed by atoms with Crippen LogP contribution in [0.3, 0.4) is 0 Å². The van der Waals surface area contributed by atoms with Gasteiger partial charge in [-0.1, -0.05) is 34.8 Å². The molecule has 0 rings (SSSR count). The Kier molecular flexibility index (Phi) is 4.77. The summed E-state index contributed by atoms with van der Waals surface area (Å²) in [6.07, 6.45) is 2.01. The zero-order valence-electron chi connectivity index (χ0n) is 4.27. The quantitative estimate of drug-likeness (QED) is 0.396. The molecule has 0 bridgehead atoms. The minimum absolute atomic E-state index is 0.530. The Hall–Kier alpha value is 1.17. The zero-order chi connectivity index (χ0) is 5.86. The standard InChI is InChI=1S/C4H7IS2/c1-3(5)4(6)7-2/h3H,1-2H3. The first-order chi connectivity index (χ1) is 3.18. The van der Waals surface area contributed by atoms with Gasteiger partial charge in [0, 0.05) is 3.92 Å². The van der Waals surface area contributed by atoms with Crippen LogP contribution in [-0.4, -0.2) is 14.4 Å². The fourth-order valence-corrected chi connectivity index (χ4v) is 1.25. The highest BCUT2D eigenvalue weighted by Gasteiger charge is 1.98. The summed E-state index contributed by atoms with van der Waals surface area (Å²) in [5, 5.41) is 0. The van der Waals surface area contributed by atoms with E-state index in [9.17, 15) is 0 Å². The summed E-state index contributed by atoms with van der Waals surface area (Å²) in [5.41, 5.74) is 0. The molecule has 0 saturated heterocycles. The van der Waals surface area contributed by atoms with Crippen molar-refractivity contribution in [2.45, 2.75) is 10.8 Å². The molecule has 0 aromatic heterocycles. The second kappa shape index (κ2) is 4.09. The third-order valence-corrected chi connectivity index (χ3v) is 3.60. The normalized spacial score (nSPS) is 13.6. The molecule has 1 unspecified atom stereocenters. The SMILES string of the molecule is CSC(=S)C(C)I. The summed E-state index contributed by atoms with van der Waals surface area (Å²) in [5.74, 6) is 0. The van der Waals surface area contributed by atoms with Crippen LogP contribution in [0.2, 0.25) is 0 Å². The van der Waals surface area contributed by atoms with Crippen LogP contribution in [0.4, 0.5) is 0 Å². The fourth-order valence-electron chi connectivity index (χ4n) is 0.162. The zero-order valence-corrected chi connectivity index (χ0v) is 8.06. The highest BCUT2D eigenvalue weighted by Crippen LogP contribution is 2.10. The van der Waals surface area contributed by atoms with Crippen LogP contribution in [-0.2, 0) is 0 Å². The van der Waals surface area contributed by atoms with E-state index in [0.717, 1.165) is 4.20 Å². The molecular formula is C4H7IS2. The van der Waals surface area contributed by atoms with Crippen molar-refractivity contribution in [1.82, 2.24) is 0 Å². The Balaban J connectivity index is 3.35. The molecule has 3 heteroatoms. The molecule has 0 radical (unpaired) electrons. The maximum Gasteiger partial charge on any atom is 0.0601 e. The van der Waals surface area contributed by atoms with E-state index in [1.165, 1.54) is 0 Å². The summed E-state index contributed by atoms with van der Waals surface area (Å²) >= 11 is 8.90. The number of hydrogen-bond donors (Lipinski definition) is 0. The van der Waals surface area contributed by atoms with Gasteiger partial charge in [0.2, 0.25) is 0 Å². The van der Waals surface area contributed by atoms with Gasteiger partial charge < -0.3 is 0 Å². The van der Waals surface area contributed by atoms with Gasteiger partial charge in [-0.2, -0.15) is 0 Å². The molecule has 0 spiro atoms. The lowest BCUT2D eigenvalue weighted by molar-refractivity contribution is 1.42. The Morgan fingerprint density at radius 1 is 1.86 bits per heavy atom. The van der Waals surface area contributed by atoms with E-state index >= 15 is 0 Å². The van der Waals surface area contributed by atoms with Crippen molar-refractivity contribution in [3.05, 3.63) is 0 Å². The van der Waals surface area contributed by atoms with Crippen LogP contribution >= 0.6 is 46.6 Å². The topological polar surface area (TPSA) is 0 Å². The largest absolute Gasteiger partial charge is 0.121 e. The van der Waals surface area contributed by atoms with Gasteiger partial charge in [0.15, 0.2) is 0 Å². The summed E-state index contributed by atoms with van der Waals surface area (Å²) < 4.78 is 1.61. The highest BCUT2D eigenvalue weighted by molar-refractivity contribution is 14.1. The number of halogens is 1. The third-order valence-electron chi connectivity index (χ3n) is 0.526. The lowest BCUT2D eigenvalue weighted by Gasteiger charge is -1.97. The first-order valence-electron chi connectivity index (χ1n) is 1.90. The lowest BCUT2D eigenvalue weighted by atomic mass is 10.6. The van der Waals surface area contributed by atoms with Gasteiger partial charge in [0.25, 0.3) is 0 Å². The van der Waals surface area contributed by atoms with Crippen molar-refractivity contribution in [2.24, 2.45) is 0 Å². The van der Waals surface area contributed by atoms with Crippen molar-refractivity contribution in [2.75, 3.05) is 6.26 Å². The second-order valence-corrected chi connectivity index (χ2v) is 4.55. The molecule has 42 valence electrons. The van der Waals surface area contributed by atoms with Crippen LogP contribution in [0.5, 0.6) is 0 Å².